The number of nitrogens with zero attached hydrogens (tertiary/aromatic N) is 2. The van der Waals surface area contributed by atoms with Crippen LogP contribution in [0.4, 0.5) is 5.69 Å². The Kier molecular flexibility index (Phi) is 3.97. The molecule has 0 saturated heterocycles. The van der Waals surface area contributed by atoms with E-state index in [0.29, 0.717) is 0 Å². The van der Waals surface area contributed by atoms with Gasteiger partial charge in [-0.3, -0.25) is 0 Å². The predicted molar refractivity (Wildman–Crippen MR) is 88.7 cm³/mol. The summed E-state index contributed by atoms with van der Waals surface area (Å²) in [7, 11) is 0. The maximum absolute atomic E-state index is 5.94. The van der Waals surface area contributed by atoms with Gasteiger partial charge in [-0.15, -0.1) is 11.8 Å². The number of hydrogen-bond donors (Lipinski definition) is 1. The molecule has 3 aromatic rings. The molecule has 0 unspecified atom stereocenters. The fourth-order valence-corrected chi connectivity index (χ4v) is 3.09. The van der Waals surface area contributed by atoms with Crippen LogP contribution in [0.3, 0.4) is 0 Å². The van der Waals surface area contributed by atoms with E-state index in [-0.39, 0.29) is 0 Å². The second-order valence-electron chi connectivity index (χ2n) is 4.89. The molecule has 106 valence electrons. The molecule has 2 aromatic carbocycles. The van der Waals surface area contributed by atoms with Crippen molar-refractivity contribution in [2.45, 2.75) is 17.6 Å². The minimum Gasteiger partial charge on any atom is -0.398 e. The molecule has 0 bridgehead atoms. The summed E-state index contributed by atoms with van der Waals surface area (Å²) in [6, 6.07) is 16.2. The highest BCUT2D eigenvalue weighted by atomic mass is 32.2. The molecule has 3 rings (SSSR count). The SMILES string of the molecule is Cc1c(N)cccc1SCc1cnn(-c2ccccc2)c1. The Labute approximate surface area is 128 Å². The smallest absolute Gasteiger partial charge is 0.0645 e. The van der Waals surface area contributed by atoms with Crippen molar-refractivity contribution >= 4 is 17.4 Å². The average Bonchev–Trinajstić information content (AvgIpc) is 2.99. The van der Waals surface area contributed by atoms with Crippen LogP contribution in [0.15, 0.2) is 65.8 Å². The lowest BCUT2D eigenvalue weighted by atomic mass is 10.2. The van der Waals surface area contributed by atoms with Crippen LogP contribution < -0.4 is 5.73 Å². The molecule has 0 amide bonds. The van der Waals surface area contributed by atoms with Crippen LogP contribution in [0.2, 0.25) is 0 Å². The molecule has 0 aliphatic rings. The van der Waals surface area contributed by atoms with E-state index in [1.807, 2.05) is 53.3 Å². The molecule has 0 atom stereocenters. The second kappa shape index (κ2) is 6.06. The number of anilines is 1. The third-order valence-corrected chi connectivity index (χ3v) is 4.61. The van der Waals surface area contributed by atoms with Crippen LogP contribution in [-0.4, -0.2) is 9.78 Å². The van der Waals surface area contributed by atoms with Crippen molar-refractivity contribution < 1.29 is 0 Å². The van der Waals surface area contributed by atoms with Gasteiger partial charge in [-0.1, -0.05) is 24.3 Å². The molecule has 0 spiro atoms. The summed E-state index contributed by atoms with van der Waals surface area (Å²) < 4.78 is 1.90. The van der Waals surface area contributed by atoms with Crippen molar-refractivity contribution in [2.75, 3.05) is 5.73 Å². The summed E-state index contributed by atoms with van der Waals surface area (Å²) in [5.74, 6) is 0.886. The van der Waals surface area contributed by atoms with Crippen molar-refractivity contribution in [3.63, 3.8) is 0 Å². The average molecular weight is 295 g/mol. The van der Waals surface area contributed by atoms with Gasteiger partial charge in [0.2, 0.25) is 0 Å². The molecule has 4 heteroatoms. The Balaban J connectivity index is 1.72. The van der Waals surface area contributed by atoms with E-state index in [1.165, 1.54) is 10.5 Å². The lowest BCUT2D eigenvalue weighted by molar-refractivity contribution is 0.880. The standard InChI is InChI=1S/C17H17N3S/c1-13-16(18)8-5-9-17(13)21-12-14-10-19-20(11-14)15-6-3-2-4-7-15/h2-11H,12,18H2,1H3. The van der Waals surface area contributed by atoms with Gasteiger partial charge in [0.05, 0.1) is 11.9 Å². The summed E-state index contributed by atoms with van der Waals surface area (Å²) in [5.41, 5.74) is 10.2. The predicted octanol–water partition coefficient (Wildman–Crippen LogP) is 4.06. The topological polar surface area (TPSA) is 43.8 Å². The number of nitrogens with two attached hydrogens (primary N) is 1. The van der Waals surface area contributed by atoms with Gasteiger partial charge >= 0.3 is 0 Å². The van der Waals surface area contributed by atoms with Gasteiger partial charge in [-0.05, 0) is 36.8 Å². The largest absolute Gasteiger partial charge is 0.398 e. The van der Waals surface area contributed by atoms with Gasteiger partial charge in [0.15, 0.2) is 0 Å². The number of benzene rings is 2. The number of rotatable bonds is 4. The van der Waals surface area contributed by atoms with E-state index < -0.39 is 0 Å². The minimum absolute atomic E-state index is 0.847. The molecule has 0 aliphatic heterocycles. The Morgan fingerprint density at radius 3 is 2.71 bits per heavy atom. The van der Waals surface area contributed by atoms with Crippen molar-refractivity contribution in [1.82, 2.24) is 9.78 Å². The first kappa shape index (κ1) is 13.8. The lowest BCUT2D eigenvalue weighted by Crippen LogP contribution is -1.92. The van der Waals surface area contributed by atoms with Crippen LogP contribution in [0.5, 0.6) is 0 Å². The minimum atomic E-state index is 0.847. The van der Waals surface area contributed by atoms with Gasteiger partial charge in [-0.25, -0.2) is 4.68 Å². The Morgan fingerprint density at radius 2 is 1.90 bits per heavy atom. The summed E-state index contributed by atoms with van der Waals surface area (Å²) in [6.45, 7) is 2.06. The molecule has 1 aromatic heterocycles. The highest BCUT2D eigenvalue weighted by Gasteiger charge is 2.05. The molecule has 3 nitrogen and oxygen atoms in total. The van der Waals surface area contributed by atoms with Gasteiger partial charge in [0.25, 0.3) is 0 Å². The Bertz CT molecular complexity index is 735. The van der Waals surface area contributed by atoms with Crippen molar-refractivity contribution in [1.29, 1.82) is 0 Å². The van der Waals surface area contributed by atoms with E-state index >= 15 is 0 Å². The van der Waals surface area contributed by atoms with Crippen molar-refractivity contribution in [3.05, 3.63) is 72.1 Å². The monoisotopic (exact) mass is 295 g/mol. The normalized spacial score (nSPS) is 10.7. The van der Waals surface area contributed by atoms with E-state index in [0.717, 1.165) is 22.7 Å². The number of thioether (sulfide) groups is 1. The third-order valence-electron chi connectivity index (χ3n) is 3.38. The zero-order chi connectivity index (χ0) is 14.7. The highest BCUT2D eigenvalue weighted by molar-refractivity contribution is 7.98. The molecule has 0 radical (unpaired) electrons. The van der Waals surface area contributed by atoms with E-state index in [9.17, 15) is 0 Å². The van der Waals surface area contributed by atoms with Gasteiger partial charge in [-0.2, -0.15) is 5.10 Å². The summed E-state index contributed by atoms with van der Waals surface area (Å²) in [6.07, 6.45) is 3.99. The quantitative estimate of drug-likeness (QED) is 0.583. The Hall–Kier alpha value is -2.20. The molecule has 2 N–H and O–H groups in total. The fraction of sp³-hybridized carbons (Fsp3) is 0.118. The fourth-order valence-electron chi connectivity index (χ4n) is 2.11. The summed E-state index contributed by atoms with van der Waals surface area (Å²) >= 11 is 1.79. The van der Waals surface area contributed by atoms with Crippen LogP contribution in [0.25, 0.3) is 5.69 Å². The number of aromatic nitrogens is 2. The maximum Gasteiger partial charge on any atom is 0.0645 e. The molecule has 0 saturated carbocycles. The zero-order valence-electron chi connectivity index (χ0n) is 11.9. The molecule has 0 aliphatic carbocycles. The molecule has 0 fully saturated rings. The number of para-hydroxylation sites is 1. The van der Waals surface area contributed by atoms with Crippen LogP contribution >= 0.6 is 11.8 Å². The molecular formula is C17H17N3S. The molecule has 1 heterocycles. The van der Waals surface area contributed by atoms with Crippen LogP contribution in [-0.2, 0) is 5.75 Å². The number of nitrogen functional groups attached to an aromatic ring is 1. The number of hydrogen-bond acceptors (Lipinski definition) is 3. The van der Waals surface area contributed by atoms with Crippen LogP contribution in [0, 0.1) is 6.92 Å². The molecule has 21 heavy (non-hydrogen) atoms. The van der Waals surface area contributed by atoms with E-state index in [4.69, 9.17) is 5.73 Å². The van der Waals surface area contributed by atoms with Gasteiger partial charge < -0.3 is 5.73 Å². The van der Waals surface area contributed by atoms with Crippen molar-refractivity contribution in [2.24, 2.45) is 0 Å². The third kappa shape index (κ3) is 3.11. The van der Waals surface area contributed by atoms with E-state index in [1.54, 1.807) is 11.8 Å². The maximum atomic E-state index is 5.94. The van der Waals surface area contributed by atoms with Gasteiger partial charge in [0, 0.05) is 28.1 Å². The highest BCUT2D eigenvalue weighted by Crippen LogP contribution is 2.28. The molecular weight excluding hydrogens is 278 g/mol. The first-order chi connectivity index (χ1) is 10.2. The van der Waals surface area contributed by atoms with Crippen LogP contribution in [0.1, 0.15) is 11.1 Å². The second-order valence-corrected chi connectivity index (χ2v) is 5.90. The van der Waals surface area contributed by atoms with Crippen molar-refractivity contribution in [3.8, 4) is 5.69 Å². The zero-order valence-corrected chi connectivity index (χ0v) is 12.7. The van der Waals surface area contributed by atoms with Gasteiger partial charge in [0.1, 0.15) is 0 Å². The summed E-state index contributed by atoms with van der Waals surface area (Å²) in [5, 5.41) is 4.42. The Morgan fingerprint density at radius 1 is 1.10 bits per heavy atom. The lowest BCUT2D eigenvalue weighted by Gasteiger charge is -2.06. The first-order valence-corrected chi connectivity index (χ1v) is 7.79. The first-order valence-electron chi connectivity index (χ1n) is 6.81. The van der Waals surface area contributed by atoms with E-state index in [2.05, 4.69) is 24.3 Å². The summed E-state index contributed by atoms with van der Waals surface area (Å²) in [4.78, 5) is 1.22.